The fourth-order valence-electron chi connectivity index (χ4n) is 3.04. The van der Waals surface area contributed by atoms with E-state index in [-0.39, 0.29) is 30.5 Å². The third-order valence-electron chi connectivity index (χ3n) is 4.90. The van der Waals surface area contributed by atoms with Gasteiger partial charge in [0.2, 0.25) is 5.91 Å². The number of nitrogens with two attached hydrogens (primary N) is 2. The van der Waals surface area contributed by atoms with Gasteiger partial charge < -0.3 is 21.7 Å². The van der Waals surface area contributed by atoms with Crippen LogP contribution in [-0.4, -0.2) is 68.3 Å². The van der Waals surface area contributed by atoms with Crippen LogP contribution in [-0.2, 0) is 11.8 Å². The largest absolute Gasteiger partial charge is 0.382 e. The highest BCUT2D eigenvalue weighted by Crippen LogP contribution is 2.17. The van der Waals surface area contributed by atoms with Crippen molar-refractivity contribution < 1.29 is 19.2 Å². The maximum Gasteiger partial charge on any atom is 0.332 e. The fraction of sp³-hybridized carbons (Fsp3) is 0.250. The van der Waals surface area contributed by atoms with Gasteiger partial charge in [-0.05, 0) is 12.1 Å². The molecule has 0 fully saturated rings. The van der Waals surface area contributed by atoms with Crippen molar-refractivity contribution in [3.05, 3.63) is 48.7 Å². The molecule has 0 unspecified atom stereocenters. The molecule has 0 saturated carbocycles. The number of aromatic nitrogens is 4. The lowest BCUT2D eigenvalue weighted by Crippen LogP contribution is -2.33. The molecule has 0 saturated heterocycles. The van der Waals surface area contributed by atoms with Gasteiger partial charge in [0.05, 0.1) is 11.4 Å². The molecule has 0 aliphatic rings. The smallest absolute Gasteiger partial charge is 0.332 e. The summed E-state index contributed by atoms with van der Waals surface area (Å²) in [6.45, 7) is 0.180. The normalized spacial score (nSPS) is 10.6. The van der Waals surface area contributed by atoms with Crippen molar-refractivity contribution in [2.75, 3.05) is 36.6 Å². The summed E-state index contributed by atoms with van der Waals surface area (Å²) in [5, 5.41) is 6.61. The first kappa shape index (κ1) is 23.1. The van der Waals surface area contributed by atoms with Crippen molar-refractivity contribution in [1.82, 2.24) is 23.8 Å². The summed E-state index contributed by atoms with van der Waals surface area (Å²) < 4.78 is 3.96. The molecular formula is C20H25N9O4. The van der Waals surface area contributed by atoms with Crippen LogP contribution in [0.3, 0.4) is 0 Å². The summed E-state index contributed by atoms with van der Waals surface area (Å²) in [7, 11) is 4.70. The first-order valence-electron chi connectivity index (χ1n) is 9.85. The summed E-state index contributed by atoms with van der Waals surface area (Å²) in [5.41, 5.74) is 11.9. The second-order valence-corrected chi connectivity index (χ2v) is 7.38. The van der Waals surface area contributed by atoms with Crippen molar-refractivity contribution in [1.29, 1.82) is 0 Å². The topological polar surface area (TPSA) is 167 Å². The zero-order valence-corrected chi connectivity index (χ0v) is 18.4. The average Bonchev–Trinajstić information content (AvgIpc) is 3.50. The predicted molar refractivity (Wildman–Crippen MR) is 121 cm³/mol. The Kier molecular flexibility index (Phi) is 6.51. The lowest BCUT2D eigenvalue weighted by atomic mass is 10.3. The number of nitrogens with one attached hydrogen (secondary N) is 1. The van der Waals surface area contributed by atoms with E-state index in [0.29, 0.717) is 11.4 Å². The van der Waals surface area contributed by atoms with Crippen LogP contribution in [0.5, 0.6) is 0 Å². The molecule has 3 aromatic heterocycles. The Morgan fingerprint density at radius 3 is 2.36 bits per heavy atom. The van der Waals surface area contributed by atoms with Crippen LogP contribution < -0.4 is 21.7 Å². The first-order valence-corrected chi connectivity index (χ1v) is 9.85. The molecule has 0 aliphatic heterocycles. The lowest BCUT2D eigenvalue weighted by Gasteiger charge is -2.17. The molecule has 13 nitrogen and oxygen atoms in total. The van der Waals surface area contributed by atoms with Crippen molar-refractivity contribution in [3.63, 3.8) is 0 Å². The van der Waals surface area contributed by atoms with Gasteiger partial charge in [0.25, 0.3) is 5.91 Å². The molecule has 0 aliphatic carbocycles. The number of carbonyl (C=O) groups is 4. The van der Waals surface area contributed by atoms with Gasteiger partial charge in [-0.2, -0.15) is 5.10 Å². The molecule has 0 radical (unpaired) electrons. The molecule has 174 valence electrons. The number of aryl methyl sites for hydroxylation is 1. The number of nitrogens with zero attached hydrogens (tertiary/aromatic N) is 6. The maximum absolute atomic E-state index is 12.9. The van der Waals surface area contributed by atoms with Crippen molar-refractivity contribution in [3.8, 4) is 0 Å². The molecule has 33 heavy (non-hydrogen) atoms. The molecule has 0 spiro atoms. The predicted octanol–water partition coefficient (Wildman–Crippen LogP) is 0.737. The molecule has 3 heterocycles. The fourth-order valence-corrected chi connectivity index (χ4v) is 3.04. The lowest BCUT2D eigenvalue weighted by molar-refractivity contribution is -0.118. The van der Waals surface area contributed by atoms with Gasteiger partial charge in [0.1, 0.15) is 11.5 Å². The minimum Gasteiger partial charge on any atom is -0.382 e. The van der Waals surface area contributed by atoms with Crippen LogP contribution in [0.15, 0.2) is 43.0 Å². The zero-order valence-electron chi connectivity index (χ0n) is 18.4. The molecule has 0 aromatic carbocycles. The minimum absolute atomic E-state index is 0.0508. The third-order valence-corrected chi connectivity index (χ3v) is 4.90. The van der Waals surface area contributed by atoms with E-state index in [1.165, 1.54) is 54.5 Å². The van der Waals surface area contributed by atoms with Gasteiger partial charge in [0.15, 0.2) is 0 Å². The second kappa shape index (κ2) is 9.30. The Hall–Kier alpha value is -4.55. The van der Waals surface area contributed by atoms with Gasteiger partial charge in [-0.1, -0.05) is 0 Å². The van der Waals surface area contributed by atoms with Gasteiger partial charge in [0, 0.05) is 65.0 Å². The number of amides is 4. The highest BCUT2D eigenvalue weighted by Gasteiger charge is 2.18. The third kappa shape index (κ3) is 5.20. The molecule has 13 heteroatoms. The standard InChI is InChI=1S/C20H25N9O4/c1-25(7-6-17(22)30)19(32)29-9-5-14(12-29)26(2)20(33)28-8-4-13(11-28)23-18(31)15-10-16(21)24-27(15)3/h4-5,8-12H,6-7H2,1-3H3,(H2,21,24)(H2,22,30)(H,23,31). The maximum atomic E-state index is 12.9. The summed E-state index contributed by atoms with van der Waals surface area (Å²) in [5.74, 6) is -0.697. The van der Waals surface area contributed by atoms with Crippen LogP contribution in [0, 0.1) is 0 Å². The average molecular weight is 455 g/mol. The first-order chi connectivity index (χ1) is 15.6. The molecule has 5 N–H and O–H groups in total. The van der Waals surface area contributed by atoms with Gasteiger partial charge in [-0.25, -0.2) is 9.59 Å². The van der Waals surface area contributed by atoms with Crippen molar-refractivity contribution >= 4 is 41.1 Å². The van der Waals surface area contributed by atoms with E-state index >= 15 is 0 Å². The Labute approximate surface area is 189 Å². The summed E-state index contributed by atoms with van der Waals surface area (Å²) in [6.07, 6.45) is 6.04. The van der Waals surface area contributed by atoms with E-state index in [2.05, 4.69) is 10.4 Å². The summed E-state index contributed by atoms with van der Waals surface area (Å²) >= 11 is 0. The van der Waals surface area contributed by atoms with Crippen LogP contribution in [0.4, 0.5) is 26.8 Å². The van der Waals surface area contributed by atoms with E-state index < -0.39 is 17.8 Å². The second-order valence-electron chi connectivity index (χ2n) is 7.38. The number of hydrogen-bond donors (Lipinski definition) is 3. The monoisotopic (exact) mass is 455 g/mol. The van der Waals surface area contributed by atoms with Crippen LogP contribution in [0.1, 0.15) is 16.9 Å². The number of primary amides is 1. The molecule has 0 bridgehead atoms. The Morgan fingerprint density at radius 1 is 1.06 bits per heavy atom. The van der Waals surface area contributed by atoms with E-state index in [9.17, 15) is 19.2 Å². The van der Waals surface area contributed by atoms with Crippen molar-refractivity contribution in [2.45, 2.75) is 6.42 Å². The minimum atomic E-state index is -0.500. The highest BCUT2D eigenvalue weighted by molar-refractivity contribution is 6.04. The molecular weight excluding hydrogens is 430 g/mol. The van der Waals surface area contributed by atoms with Crippen LogP contribution >= 0.6 is 0 Å². The number of nitrogen functional groups attached to an aromatic ring is 1. The Bertz CT molecular complexity index is 1210. The highest BCUT2D eigenvalue weighted by atomic mass is 16.2. The molecule has 4 amide bonds. The van der Waals surface area contributed by atoms with Crippen LogP contribution in [0.25, 0.3) is 0 Å². The van der Waals surface area contributed by atoms with E-state index in [0.717, 1.165) is 0 Å². The summed E-state index contributed by atoms with van der Waals surface area (Å²) in [6, 6.07) is 3.85. The SMILES string of the molecule is CN(CCC(N)=O)C(=O)n1ccc(N(C)C(=O)n2ccc(NC(=O)c3cc(N)nn3C)c2)c1. The van der Waals surface area contributed by atoms with Gasteiger partial charge in [-0.15, -0.1) is 0 Å². The van der Waals surface area contributed by atoms with E-state index in [4.69, 9.17) is 11.5 Å². The Balaban J connectivity index is 1.65. The number of carbonyl (C=O) groups excluding carboxylic acids is 4. The van der Waals surface area contributed by atoms with Crippen molar-refractivity contribution in [2.24, 2.45) is 12.8 Å². The van der Waals surface area contributed by atoms with Crippen LogP contribution in [0.2, 0.25) is 0 Å². The van der Waals surface area contributed by atoms with Gasteiger partial charge >= 0.3 is 12.1 Å². The number of anilines is 3. The summed E-state index contributed by atoms with van der Waals surface area (Å²) in [4.78, 5) is 51.3. The molecule has 3 aromatic rings. The zero-order chi connectivity index (χ0) is 24.3. The number of hydrogen-bond acceptors (Lipinski definition) is 6. The molecule has 3 rings (SSSR count). The number of rotatable bonds is 6. The van der Waals surface area contributed by atoms with Gasteiger partial charge in [-0.3, -0.25) is 28.3 Å². The quantitative estimate of drug-likeness (QED) is 0.495. The molecule has 0 atom stereocenters. The Morgan fingerprint density at radius 2 is 1.73 bits per heavy atom. The van der Waals surface area contributed by atoms with E-state index in [1.54, 1.807) is 33.3 Å². The van der Waals surface area contributed by atoms with E-state index in [1.807, 2.05) is 0 Å².